The minimum absolute atomic E-state index is 0.252. The van der Waals surface area contributed by atoms with Crippen LogP contribution in [0.5, 0.6) is 0 Å². The number of hydrogen-bond donors (Lipinski definition) is 1. The van der Waals surface area contributed by atoms with Gasteiger partial charge < -0.3 is 9.47 Å². The fourth-order valence-electron chi connectivity index (χ4n) is 3.32. The molecule has 0 unspecified atom stereocenters. The first-order chi connectivity index (χ1) is 12.7. The van der Waals surface area contributed by atoms with Gasteiger partial charge in [-0.1, -0.05) is 12.1 Å². The number of rotatable bonds is 4. The molecule has 1 aromatic heterocycles. The van der Waals surface area contributed by atoms with Crippen molar-refractivity contribution in [1.29, 1.82) is 0 Å². The van der Waals surface area contributed by atoms with Crippen molar-refractivity contribution in [3.63, 3.8) is 0 Å². The number of nitrogens with one attached hydrogen (secondary N) is 1. The Hall–Kier alpha value is -2.39. The Bertz CT molecular complexity index is 1060. The highest BCUT2D eigenvalue weighted by Gasteiger charge is 2.27. The lowest BCUT2D eigenvalue weighted by Crippen LogP contribution is -2.47. The first-order valence-electron chi connectivity index (χ1n) is 8.79. The topological polar surface area (TPSA) is 93.4 Å². The number of anilines is 1. The Labute approximate surface area is 158 Å². The minimum atomic E-state index is -4.00. The SMILES string of the molecule is Cc1cccc(N2CCC(NS(=O)(=O)c3cn(C)c(=O)n(C)c3=O)CC2)c1. The summed E-state index contributed by atoms with van der Waals surface area (Å²) in [5.41, 5.74) is 0.928. The van der Waals surface area contributed by atoms with Gasteiger partial charge in [0.15, 0.2) is 4.90 Å². The Morgan fingerprint density at radius 3 is 2.41 bits per heavy atom. The quantitative estimate of drug-likeness (QED) is 0.810. The van der Waals surface area contributed by atoms with E-state index in [9.17, 15) is 18.0 Å². The van der Waals surface area contributed by atoms with Gasteiger partial charge in [0.05, 0.1) is 0 Å². The average molecular weight is 392 g/mol. The van der Waals surface area contributed by atoms with E-state index in [1.54, 1.807) is 0 Å². The van der Waals surface area contributed by atoms with Gasteiger partial charge in [-0.2, -0.15) is 0 Å². The van der Waals surface area contributed by atoms with Crippen molar-refractivity contribution in [1.82, 2.24) is 13.9 Å². The standard InChI is InChI=1S/C18H24N4O4S/c1-13-5-4-6-15(11-13)22-9-7-14(8-10-22)19-27(25,26)16-12-20(2)18(24)21(3)17(16)23/h4-6,11-12,14,19H,7-10H2,1-3H3. The van der Waals surface area contributed by atoms with Gasteiger partial charge >= 0.3 is 5.69 Å². The van der Waals surface area contributed by atoms with Crippen molar-refractivity contribution >= 4 is 15.7 Å². The Morgan fingerprint density at radius 1 is 1.11 bits per heavy atom. The summed E-state index contributed by atoms with van der Waals surface area (Å²) in [5, 5.41) is 0. The lowest BCUT2D eigenvalue weighted by Gasteiger charge is -2.34. The van der Waals surface area contributed by atoms with Gasteiger partial charge in [0.25, 0.3) is 5.56 Å². The molecule has 0 amide bonds. The van der Waals surface area contributed by atoms with E-state index >= 15 is 0 Å². The third-order valence-corrected chi connectivity index (χ3v) is 6.39. The van der Waals surface area contributed by atoms with Gasteiger partial charge in [-0.15, -0.1) is 0 Å². The first kappa shape index (κ1) is 19.4. The molecule has 27 heavy (non-hydrogen) atoms. The fourth-order valence-corrected chi connectivity index (χ4v) is 4.79. The van der Waals surface area contributed by atoms with Gasteiger partial charge in [0.1, 0.15) is 0 Å². The van der Waals surface area contributed by atoms with E-state index in [-0.39, 0.29) is 6.04 Å². The van der Waals surface area contributed by atoms with Crippen LogP contribution in [-0.2, 0) is 24.1 Å². The van der Waals surface area contributed by atoms with E-state index in [4.69, 9.17) is 0 Å². The molecule has 1 aromatic carbocycles. The number of aromatic nitrogens is 2. The highest BCUT2D eigenvalue weighted by atomic mass is 32.2. The van der Waals surface area contributed by atoms with E-state index in [0.29, 0.717) is 12.8 Å². The molecule has 0 aliphatic carbocycles. The molecular weight excluding hydrogens is 368 g/mol. The lowest BCUT2D eigenvalue weighted by atomic mass is 10.1. The third-order valence-electron chi connectivity index (χ3n) is 4.89. The molecule has 8 nitrogen and oxygen atoms in total. The molecule has 1 saturated heterocycles. The van der Waals surface area contributed by atoms with Crippen LogP contribution in [0.4, 0.5) is 5.69 Å². The molecular formula is C18H24N4O4S. The summed E-state index contributed by atoms with van der Waals surface area (Å²) in [6, 6.07) is 7.95. The maximum absolute atomic E-state index is 12.7. The second-order valence-corrected chi connectivity index (χ2v) is 8.66. The molecule has 3 rings (SSSR count). The summed E-state index contributed by atoms with van der Waals surface area (Å²) >= 11 is 0. The maximum Gasteiger partial charge on any atom is 0.330 e. The van der Waals surface area contributed by atoms with Crippen LogP contribution in [0, 0.1) is 6.92 Å². The highest BCUT2D eigenvalue weighted by Crippen LogP contribution is 2.21. The maximum atomic E-state index is 12.7. The molecule has 146 valence electrons. The van der Waals surface area contributed by atoms with Crippen molar-refractivity contribution < 1.29 is 8.42 Å². The summed E-state index contributed by atoms with van der Waals surface area (Å²) in [7, 11) is -1.32. The van der Waals surface area contributed by atoms with Crippen LogP contribution in [0.25, 0.3) is 0 Å². The van der Waals surface area contributed by atoms with Crippen LogP contribution in [0.1, 0.15) is 18.4 Å². The molecule has 0 radical (unpaired) electrons. The summed E-state index contributed by atoms with van der Waals surface area (Å²) in [6.07, 6.45) is 2.35. The van der Waals surface area contributed by atoms with E-state index in [0.717, 1.165) is 34.1 Å². The van der Waals surface area contributed by atoms with Gasteiger partial charge in [0, 0.05) is 45.1 Å². The number of sulfonamides is 1. The normalized spacial score (nSPS) is 15.9. The van der Waals surface area contributed by atoms with Gasteiger partial charge in [-0.3, -0.25) is 9.36 Å². The van der Waals surface area contributed by atoms with Crippen LogP contribution < -0.4 is 20.9 Å². The van der Waals surface area contributed by atoms with Crippen LogP contribution >= 0.6 is 0 Å². The van der Waals surface area contributed by atoms with Crippen molar-refractivity contribution in [2.45, 2.75) is 30.7 Å². The van der Waals surface area contributed by atoms with Crippen LogP contribution in [0.2, 0.25) is 0 Å². The van der Waals surface area contributed by atoms with E-state index in [1.165, 1.54) is 19.7 Å². The fraction of sp³-hybridized carbons (Fsp3) is 0.444. The van der Waals surface area contributed by atoms with E-state index < -0.39 is 26.2 Å². The zero-order valence-corrected chi connectivity index (χ0v) is 16.5. The van der Waals surface area contributed by atoms with Gasteiger partial charge in [0.2, 0.25) is 10.0 Å². The minimum Gasteiger partial charge on any atom is -0.371 e. The predicted molar refractivity (Wildman–Crippen MR) is 104 cm³/mol. The summed E-state index contributed by atoms with van der Waals surface area (Å²) in [5.74, 6) is 0. The van der Waals surface area contributed by atoms with Crippen LogP contribution in [0.15, 0.2) is 44.9 Å². The summed E-state index contributed by atoms with van der Waals surface area (Å²) < 4.78 is 29.9. The summed E-state index contributed by atoms with van der Waals surface area (Å²) in [4.78, 5) is 25.8. The predicted octanol–water partition coefficient (Wildman–Crippen LogP) is 0.340. The molecule has 2 heterocycles. The van der Waals surface area contributed by atoms with Crippen LogP contribution in [0.3, 0.4) is 0 Å². The molecule has 1 aliphatic rings. The van der Waals surface area contributed by atoms with Crippen LogP contribution in [-0.4, -0.2) is 36.7 Å². The van der Waals surface area contributed by atoms with Crippen molar-refractivity contribution in [3.8, 4) is 0 Å². The number of piperidine rings is 1. The van der Waals surface area contributed by atoms with Crippen molar-refractivity contribution in [2.24, 2.45) is 14.1 Å². The molecule has 1 aliphatic heterocycles. The number of nitrogens with zero attached hydrogens (tertiary/aromatic N) is 3. The third kappa shape index (κ3) is 3.98. The Kier molecular flexibility index (Phi) is 5.25. The molecule has 9 heteroatoms. The molecule has 0 saturated carbocycles. The Morgan fingerprint density at radius 2 is 1.78 bits per heavy atom. The monoisotopic (exact) mass is 392 g/mol. The number of aryl methyl sites for hydroxylation is 2. The van der Waals surface area contributed by atoms with Gasteiger partial charge in [-0.25, -0.2) is 17.9 Å². The number of hydrogen-bond acceptors (Lipinski definition) is 5. The lowest BCUT2D eigenvalue weighted by molar-refractivity contribution is 0.459. The molecule has 0 atom stereocenters. The second-order valence-electron chi connectivity index (χ2n) is 6.97. The summed E-state index contributed by atoms with van der Waals surface area (Å²) in [6.45, 7) is 3.49. The highest BCUT2D eigenvalue weighted by molar-refractivity contribution is 7.89. The second kappa shape index (κ2) is 7.32. The largest absolute Gasteiger partial charge is 0.371 e. The zero-order chi connectivity index (χ0) is 19.8. The molecule has 1 N–H and O–H groups in total. The van der Waals surface area contributed by atoms with Crippen molar-refractivity contribution in [3.05, 3.63) is 56.9 Å². The van der Waals surface area contributed by atoms with Crippen molar-refractivity contribution in [2.75, 3.05) is 18.0 Å². The van der Waals surface area contributed by atoms with Gasteiger partial charge in [-0.05, 0) is 37.5 Å². The van der Waals surface area contributed by atoms with E-state index in [1.807, 2.05) is 25.1 Å². The average Bonchev–Trinajstić information content (AvgIpc) is 2.63. The smallest absolute Gasteiger partial charge is 0.330 e. The number of benzene rings is 1. The first-order valence-corrected chi connectivity index (χ1v) is 10.3. The molecule has 0 spiro atoms. The molecule has 1 fully saturated rings. The molecule has 0 bridgehead atoms. The molecule has 2 aromatic rings. The van der Waals surface area contributed by atoms with E-state index in [2.05, 4.69) is 15.7 Å². The Balaban J connectivity index is 1.73. The zero-order valence-electron chi connectivity index (χ0n) is 15.7.